The SMILES string of the molecule is C=CCc1ccc(O)c(-c2cc(CC=C)ccc2OCc2ccc(CC)cc2)c1.CCc1ccc(CBr)cc1.[Br-].[Br-]. The molecule has 0 saturated heterocycles. The first-order valence-electron chi connectivity index (χ1n) is 13.5. The summed E-state index contributed by atoms with van der Waals surface area (Å²) < 4.78 is 6.18. The number of benzene rings is 4. The largest absolute Gasteiger partial charge is 1.00 e. The van der Waals surface area contributed by atoms with Gasteiger partial charge in [0, 0.05) is 16.5 Å². The zero-order chi connectivity index (χ0) is 28.0. The minimum absolute atomic E-state index is 0. The average molecular weight is 743 g/mol. The Morgan fingerprint density at radius 1 is 0.634 bits per heavy atom. The van der Waals surface area contributed by atoms with E-state index in [4.69, 9.17) is 4.74 Å². The number of aromatic hydroxyl groups is 1. The molecule has 2 nitrogen and oxygen atoms in total. The van der Waals surface area contributed by atoms with Crippen molar-refractivity contribution in [1.82, 2.24) is 0 Å². The van der Waals surface area contributed by atoms with Gasteiger partial charge in [-0.1, -0.05) is 103 Å². The van der Waals surface area contributed by atoms with E-state index in [-0.39, 0.29) is 39.7 Å². The van der Waals surface area contributed by atoms with Crippen molar-refractivity contribution in [3.8, 4) is 22.6 Å². The maximum Gasteiger partial charge on any atom is 0.127 e. The Hall–Kier alpha value is -2.60. The number of halogens is 3. The molecule has 0 atom stereocenters. The van der Waals surface area contributed by atoms with Gasteiger partial charge in [0.25, 0.3) is 0 Å². The van der Waals surface area contributed by atoms with Crippen LogP contribution in [0.5, 0.6) is 11.5 Å². The van der Waals surface area contributed by atoms with Crippen LogP contribution in [-0.4, -0.2) is 5.11 Å². The summed E-state index contributed by atoms with van der Waals surface area (Å²) >= 11 is 3.40. The second kappa shape index (κ2) is 19.5. The number of phenols is 1. The maximum atomic E-state index is 10.5. The van der Waals surface area contributed by atoms with Crippen LogP contribution in [0.3, 0.4) is 0 Å². The van der Waals surface area contributed by atoms with Crippen molar-refractivity contribution in [2.45, 2.75) is 51.5 Å². The number of phenolic OH excluding ortho intramolecular Hbond substituents is 1. The molecule has 0 bridgehead atoms. The number of rotatable bonds is 11. The summed E-state index contributed by atoms with van der Waals surface area (Å²) in [5.41, 5.74) is 9.07. The second-order valence-corrected chi connectivity index (χ2v) is 9.99. The van der Waals surface area contributed by atoms with Gasteiger partial charge in [-0.15, -0.1) is 13.2 Å². The second-order valence-electron chi connectivity index (χ2n) is 9.43. The van der Waals surface area contributed by atoms with Crippen LogP contribution >= 0.6 is 15.9 Å². The predicted octanol–water partition coefficient (Wildman–Crippen LogP) is 3.81. The van der Waals surface area contributed by atoms with E-state index < -0.39 is 0 Å². The molecule has 1 N–H and O–H groups in total. The van der Waals surface area contributed by atoms with E-state index >= 15 is 0 Å². The molecule has 0 aliphatic heterocycles. The number of hydrogen-bond donors (Lipinski definition) is 1. The molecular formula is C36H39Br3O2-2. The van der Waals surface area contributed by atoms with Gasteiger partial charge in [0.1, 0.15) is 18.1 Å². The topological polar surface area (TPSA) is 29.5 Å². The Bertz CT molecular complexity index is 1320. The highest BCUT2D eigenvalue weighted by Crippen LogP contribution is 2.38. The van der Waals surface area contributed by atoms with Crippen LogP contribution in [0.4, 0.5) is 0 Å². The van der Waals surface area contributed by atoms with Gasteiger partial charge in [0.15, 0.2) is 0 Å². The molecule has 0 fully saturated rings. The third-order valence-electron chi connectivity index (χ3n) is 6.57. The molecule has 0 saturated carbocycles. The minimum Gasteiger partial charge on any atom is -1.00 e. The van der Waals surface area contributed by atoms with Gasteiger partial charge in [-0.3, -0.25) is 0 Å². The van der Waals surface area contributed by atoms with Crippen molar-refractivity contribution < 1.29 is 43.8 Å². The molecule has 4 rings (SSSR count). The summed E-state index contributed by atoms with van der Waals surface area (Å²) in [5.74, 6) is 0.995. The van der Waals surface area contributed by atoms with E-state index in [1.807, 2.05) is 36.4 Å². The van der Waals surface area contributed by atoms with Crippen LogP contribution in [-0.2, 0) is 37.6 Å². The van der Waals surface area contributed by atoms with Crippen molar-refractivity contribution in [3.05, 3.63) is 144 Å². The summed E-state index contributed by atoms with van der Waals surface area (Å²) in [4.78, 5) is 0. The molecule has 218 valence electrons. The van der Waals surface area contributed by atoms with E-state index in [9.17, 15) is 5.11 Å². The van der Waals surface area contributed by atoms with Crippen molar-refractivity contribution in [3.63, 3.8) is 0 Å². The fourth-order valence-corrected chi connectivity index (χ4v) is 4.57. The zero-order valence-electron chi connectivity index (χ0n) is 23.9. The maximum absolute atomic E-state index is 10.5. The summed E-state index contributed by atoms with van der Waals surface area (Å²) in [7, 11) is 0. The first kappa shape index (κ1) is 36.4. The third kappa shape index (κ3) is 11.3. The molecule has 0 unspecified atom stereocenters. The molecule has 0 aliphatic rings. The molecule has 41 heavy (non-hydrogen) atoms. The Kier molecular flexibility index (Phi) is 17.3. The molecule has 0 radical (unpaired) electrons. The monoisotopic (exact) mass is 740 g/mol. The molecule has 4 aromatic rings. The Balaban J connectivity index is 0.000000596. The number of hydrogen-bond acceptors (Lipinski definition) is 2. The fraction of sp³-hybridized carbons (Fsp3) is 0.222. The first-order valence-corrected chi connectivity index (χ1v) is 14.6. The smallest absolute Gasteiger partial charge is 0.127 e. The Labute approximate surface area is 275 Å². The molecule has 0 aromatic heterocycles. The van der Waals surface area contributed by atoms with Crippen molar-refractivity contribution in [2.75, 3.05) is 0 Å². The Morgan fingerprint density at radius 2 is 1.07 bits per heavy atom. The van der Waals surface area contributed by atoms with Crippen LogP contribution in [0.2, 0.25) is 0 Å². The number of ether oxygens (including phenoxy) is 1. The van der Waals surface area contributed by atoms with Crippen LogP contribution < -0.4 is 38.7 Å². The van der Waals surface area contributed by atoms with Crippen LogP contribution in [0.15, 0.2) is 110 Å². The van der Waals surface area contributed by atoms with Crippen molar-refractivity contribution in [1.29, 1.82) is 0 Å². The quantitative estimate of drug-likeness (QED) is 0.187. The third-order valence-corrected chi connectivity index (χ3v) is 7.21. The highest BCUT2D eigenvalue weighted by Gasteiger charge is 2.13. The normalized spacial score (nSPS) is 9.83. The minimum atomic E-state index is 0. The number of alkyl halides is 1. The molecular weight excluding hydrogens is 704 g/mol. The first-order chi connectivity index (χ1) is 19.0. The summed E-state index contributed by atoms with van der Waals surface area (Å²) in [6, 6.07) is 28.9. The van der Waals surface area contributed by atoms with Crippen LogP contribution in [0.25, 0.3) is 11.1 Å². The van der Waals surface area contributed by atoms with Gasteiger partial charge in [-0.25, -0.2) is 0 Å². The fourth-order valence-electron chi connectivity index (χ4n) is 4.20. The summed E-state index contributed by atoms with van der Waals surface area (Å²) in [6.07, 6.45) is 7.40. The molecule has 4 aromatic carbocycles. The number of aryl methyl sites for hydroxylation is 2. The zero-order valence-corrected chi connectivity index (χ0v) is 28.6. The molecule has 0 heterocycles. The highest BCUT2D eigenvalue weighted by atomic mass is 79.9. The van der Waals surface area contributed by atoms with Crippen LogP contribution in [0.1, 0.15) is 47.2 Å². The highest BCUT2D eigenvalue weighted by molar-refractivity contribution is 9.08. The van der Waals surface area contributed by atoms with Gasteiger partial charge < -0.3 is 43.8 Å². The standard InChI is InChI=1S/C27H28O2.C9H11Br.2BrH/c1-4-7-21-13-15-26(28)24(17-21)25-18-22(8-5-2)14-16-27(25)29-19-23-11-9-20(6-3)10-12-23;1-2-8-3-5-9(7-10)6-4-8;;/h4-5,9-18,28H,1-2,6-8,19H2,3H3;3-6H,2,7H2,1H3;2*1H/p-2. The average Bonchev–Trinajstić information content (AvgIpc) is 2.98. The molecule has 5 heteroatoms. The van der Waals surface area contributed by atoms with Gasteiger partial charge in [0.05, 0.1) is 0 Å². The predicted molar refractivity (Wildman–Crippen MR) is 170 cm³/mol. The Morgan fingerprint density at radius 3 is 1.56 bits per heavy atom. The molecule has 0 spiro atoms. The lowest BCUT2D eigenvalue weighted by atomic mass is 9.97. The lowest BCUT2D eigenvalue weighted by Crippen LogP contribution is -3.00. The lowest BCUT2D eigenvalue weighted by molar-refractivity contribution is -0.00100. The van der Waals surface area contributed by atoms with E-state index in [2.05, 4.69) is 97.5 Å². The van der Waals surface area contributed by atoms with Crippen molar-refractivity contribution >= 4 is 15.9 Å². The molecule has 0 aliphatic carbocycles. The van der Waals surface area contributed by atoms with E-state index in [0.29, 0.717) is 6.61 Å². The van der Waals surface area contributed by atoms with Gasteiger partial charge in [0.2, 0.25) is 0 Å². The van der Waals surface area contributed by atoms with E-state index in [0.717, 1.165) is 64.6 Å². The van der Waals surface area contributed by atoms with E-state index in [1.165, 1.54) is 16.7 Å². The lowest BCUT2D eigenvalue weighted by Gasteiger charge is -2.15. The van der Waals surface area contributed by atoms with Gasteiger partial charge >= 0.3 is 0 Å². The molecule has 0 amide bonds. The summed E-state index contributed by atoms with van der Waals surface area (Å²) in [6.45, 7) is 12.4. The van der Waals surface area contributed by atoms with E-state index in [1.54, 1.807) is 6.07 Å². The van der Waals surface area contributed by atoms with Crippen molar-refractivity contribution in [2.24, 2.45) is 0 Å². The summed E-state index contributed by atoms with van der Waals surface area (Å²) in [5, 5.41) is 11.5. The van der Waals surface area contributed by atoms with Crippen LogP contribution in [0, 0.1) is 0 Å². The van der Waals surface area contributed by atoms with Gasteiger partial charge in [-0.05, 0) is 83.3 Å². The number of allylic oxidation sites excluding steroid dienone is 2. The van der Waals surface area contributed by atoms with Gasteiger partial charge in [-0.2, -0.15) is 0 Å².